The molecule has 1 aromatic rings. The van der Waals surface area contributed by atoms with E-state index in [-0.39, 0.29) is 6.04 Å². The van der Waals surface area contributed by atoms with E-state index in [1.807, 2.05) is 12.4 Å². The molecule has 1 aliphatic carbocycles. The first-order chi connectivity index (χ1) is 9.27. The summed E-state index contributed by atoms with van der Waals surface area (Å²) in [4.78, 5) is 6.82. The first kappa shape index (κ1) is 13.1. The van der Waals surface area contributed by atoms with E-state index in [4.69, 9.17) is 5.73 Å². The zero-order chi connectivity index (χ0) is 13.2. The molecule has 19 heavy (non-hydrogen) atoms. The molecule has 1 saturated heterocycles. The second-order valence-electron chi connectivity index (χ2n) is 6.22. The van der Waals surface area contributed by atoms with Gasteiger partial charge in [-0.2, -0.15) is 0 Å². The van der Waals surface area contributed by atoms with E-state index in [1.54, 1.807) is 0 Å². The molecule has 2 heterocycles. The molecule has 3 nitrogen and oxygen atoms in total. The van der Waals surface area contributed by atoms with Gasteiger partial charge in [0.15, 0.2) is 0 Å². The Morgan fingerprint density at radius 1 is 1.21 bits per heavy atom. The highest BCUT2D eigenvalue weighted by Crippen LogP contribution is 2.41. The maximum Gasteiger partial charge on any atom is 0.0500 e. The van der Waals surface area contributed by atoms with Crippen LogP contribution in [0.25, 0.3) is 0 Å². The quantitative estimate of drug-likeness (QED) is 0.907. The molecule has 0 radical (unpaired) electrons. The van der Waals surface area contributed by atoms with E-state index in [1.165, 1.54) is 44.2 Å². The third-order valence-corrected chi connectivity index (χ3v) is 4.96. The van der Waals surface area contributed by atoms with Crippen molar-refractivity contribution in [2.24, 2.45) is 11.7 Å². The van der Waals surface area contributed by atoms with Crippen molar-refractivity contribution in [2.45, 2.75) is 57.2 Å². The smallest absolute Gasteiger partial charge is 0.0500 e. The topological polar surface area (TPSA) is 42.1 Å². The van der Waals surface area contributed by atoms with E-state index in [2.05, 4.69) is 28.9 Å². The summed E-state index contributed by atoms with van der Waals surface area (Å²) in [5, 5.41) is 0. The Kier molecular flexibility index (Phi) is 3.85. The maximum absolute atomic E-state index is 6.31. The van der Waals surface area contributed by atoms with Crippen LogP contribution in [0.4, 0.5) is 0 Å². The average Bonchev–Trinajstić information content (AvgIpc) is 2.84. The summed E-state index contributed by atoms with van der Waals surface area (Å²) in [6.45, 7) is 3.35. The van der Waals surface area contributed by atoms with Gasteiger partial charge in [-0.15, -0.1) is 0 Å². The Bertz CT molecular complexity index is 404. The van der Waals surface area contributed by atoms with Crippen LogP contribution in [0.5, 0.6) is 0 Å². The minimum atomic E-state index is 0.170. The molecule has 4 atom stereocenters. The minimum Gasteiger partial charge on any atom is -0.326 e. The molecule has 0 spiro atoms. The molecule has 0 aromatic carbocycles. The van der Waals surface area contributed by atoms with Crippen LogP contribution in [0.2, 0.25) is 0 Å². The summed E-state index contributed by atoms with van der Waals surface area (Å²) in [7, 11) is 0. The largest absolute Gasteiger partial charge is 0.326 e. The Balaban J connectivity index is 1.85. The SMILES string of the molecule is CC(N)C(c1ccncc1)N1CCC2CCCCC21. The molecule has 0 bridgehead atoms. The predicted octanol–water partition coefficient (Wildman–Crippen LogP) is 2.73. The van der Waals surface area contributed by atoms with Gasteiger partial charge in [-0.1, -0.05) is 12.8 Å². The highest BCUT2D eigenvalue weighted by molar-refractivity contribution is 5.18. The molecule has 4 unspecified atom stereocenters. The van der Waals surface area contributed by atoms with Crippen molar-refractivity contribution in [3.63, 3.8) is 0 Å². The summed E-state index contributed by atoms with van der Waals surface area (Å²) in [6, 6.07) is 5.55. The monoisotopic (exact) mass is 259 g/mol. The Labute approximate surface area is 116 Å². The van der Waals surface area contributed by atoms with Crippen LogP contribution in [0.15, 0.2) is 24.5 Å². The normalized spacial score (nSPS) is 30.8. The summed E-state index contributed by atoms with van der Waals surface area (Å²) >= 11 is 0. The van der Waals surface area contributed by atoms with Gasteiger partial charge in [-0.3, -0.25) is 9.88 Å². The molecule has 1 aromatic heterocycles. The molecule has 2 aliphatic rings. The van der Waals surface area contributed by atoms with E-state index in [9.17, 15) is 0 Å². The van der Waals surface area contributed by atoms with Gasteiger partial charge in [0.05, 0.1) is 6.04 Å². The first-order valence-corrected chi connectivity index (χ1v) is 7.68. The van der Waals surface area contributed by atoms with Crippen molar-refractivity contribution in [2.75, 3.05) is 6.54 Å². The highest BCUT2D eigenvalue weighted by Gasteiger charge is 2.40. The van der Waals surface area contributed by atoms with Crippen LogP contribution >= 0.6 is 0 Å². The van der Waals surface area contributed by atoms with E-state index in [0.29, 0.717) is 6.04 Å². The third-order valence-electron chi connectivity index (χ3n) is 4.96. The van der Waals surface area contributed by atoms with Crippen LogP contribution in [0.3, 0.4) is 0 Å². The molecule has 104 valence electrons. The van der Waals surface area contributed by atoms with Gasteiger partial charge in [0, 0.05) is 24.5 Å². The molecule has 2 fully saturated rings. The number of rotatable bonds is 3. The van der Waals surface area contributed by atoms with E-state index >= 15 is 0 Å². The number of pyridine rings is 1. The van der Waals surface area contributed by atoms with Crippen molar-refractivity contribution in [3.05, 3.63) is 30.1 Å². The standard InChI is InChI=1S/C16H25N3/c1-12(17)16(14-6-9-18-10-7-14)19-11-8-13-4-2-3-5-15(13)19/h6-7,9-10,12-13,15-16H,2-5,8,11,17H2,1H3. The Hall–Kier alpha value is -0.930. The van der Waals surface area contributed by atoms with Gasteiger partial charge in [-0.25, -0.2) is 0 Å². The second-order valence-corrected chi connectivity index (χ2v) is 6.22. The Morgan fingerprint density at radius 2 is 1.95 bits per heavy atom. The second kappa shape index (κ2) is 5.59. The lowest BCUT2D eigenvalue weighted by molar-refractivity contribution is 0.119. The zero-order valence-electron chi connectivity index (χ0n) is 11.8. The molecule has 3 heteroatoms. The third kappa shape index (κ3) is 2.54. The van der Waals surface area contributed by atoms with Gasteiger partial charge in [0.2, 0.25) is 0 Å². The Morgan fingerprint density at radius 3 is 2.68 bits per heavy atom. The lowest BCUT2D eigenvalue weighted by atomic mass is 9.84. The van der Waals surface area contributed by atoms with Crippen LogP contribution in [0, 0.1) is 5.92 Å². The average molecular weight is 259 g/mol. The molecule has 3 rings (SSSR count). The number of fused-ring (bicyclic) bond motifs is 1. The lowest BCUT2D eigenvalue weighted by Gasteiger charge is -2.39. The van der Waals surface area contributed by atoms with Gasteiger partial charge >= 0.3 is 0 Å². The fourth-order valence-electron chi connectivity index (χ4n) is 4.15. The predicted molar refractivity (Wildman–Crippen MR) is 77.7 cm³/mol. The molecular weight excluding hydrogens is 234 g/mol. The number of likely N-dealkylation sites (tertiary alicyclic amines) is 1. The summed E-state index contributed by atoms with van der Waals surface area (Å²) < 4.78 is 0. The maximum atomic E-state index is 6.31. The van der Waals surface area contributed by atoms with E-state index < -0.39 is 0 Å². The van der Waals surface area contributed by atoms with Gasteiger partial charge in [0.1, 0.15) is 0 Å². The van der Waals surface area contributed by atoms with Crippen LogP contribution in [-0.4, -0.2) is 28.5 Å². The van der Waals surface area contributed by atoms with Crippen molar-refractivity contribution < 1.29 is 0 Å². The molecule has 1 saturated carbocycles. The van der Waals surface area contributed by atoms with Gasteiger partial charge in [0.25, 0.3) is 0 Å². The number of nitrogens with two attached hydrogens (primary N) is 1. The number of nitrogens with zero attached hydrogens (tertiary/aromatic N) is 2. The van der Waals surface area contributed by atoms with Crippen molar-refractivity contribution in [1.82, 2.24) is 9.88 Å². The first-order valence-electron chi connectivity index (χ1n) is 7.68. The summed E-state index contributed by atoms with van der Waals surface area (Å²) in [5.74, 6) is 0.914. The van der Waals surface area contributed by atoms with Crippen LogP contribution in [0.1, 0.15) is 50.6 Å². The van der Waals surface area contributed by atoms with E-state index in [0.717, 1.165) is 12.0 Å². The fraction of sp³-hybridized carbons (Fsp3) is 0.688. The zero-order valence-corrected chi connectivity index (χ0v) is 11.8. The number of hydrogen-bond acceptors (Lipinski definition) is 3. The summed E-state index contributed by atoms with van der Waals surface area (Å²) in [6.07, 6.45) is 10.7. The number of hydrogen-bond donors (Lipinski definition) is 1. The molecular formula is C16H25N3. The number of aromatic nitrogens is 1. The lowest BCUT2D eigenvalue weighted by Crippen LogP contribution is -2.44. The fourth-order valence-corrected chi connectivity index (χ4v) is 4.15. The van der Waals surface area contributed by atoms with Crippen molar-refractivity contribution in [3.8, 4) is 0 Å². The minimum absolute atomic E-state index is 0.170. The van der Waals surface area contributed by atoms with Crippen LogP contribution < -0.4 is 5.73 Å². The van der Waals surface area contributed by atoms with Gasteiger partial charge < -0.3 is 5.73 Å². The highest BCUT2D eigenvalue weighted by atomic mass is 15.2. The van der Waals surface area contributed by atoms with Crippen molar-refractivity contribution >= 4 is 0 Å². The molecule has 1 aliphatic heterocycles. The molecule has 0 amide bonds. The van der Waals surface area contributed by atoms with Crippen LogP contribution in [-0.2, 0) is 0 Å². The van der Waals surface area contributed by atoms with Gasteiger partial charge in [-0.05, 0) is 56.3 Å². The summed E-state index contributed by atoms with van der Waals surface area (Å²) in [5.41, 5.74) is 7.64. The molecule has 2 N–H and O–H groups in total. The van der Waals surface area contributed by atoms with Crippen molar-refractivity contribution in [1.29, 1.82) is 0 Å².